The van der Waals surface area contributed by atoms with Crippen molar-refractivity contribution in [3.8, 4) is 0 Å². The molecule has 1 saturated carbocycles. The van der Waals surface area contributed by atoms with Crippen LogP contribution in [0.4, 0.5) is 0 Å². The number of rotatable bonds is 1. The first-order chi connectivity index (χ1) is 6.28. The quantitative estimate of drug-likeness (QED) is 0.610. The summed E-state index contributed by atoms with van der Waals surface area (Å²) < 4.78 is 5.42. The van der Waals surface area contributed by atoms with Gasteiger partial charge in [-0.1, -0.05) is 0 Å². The molecule has 0 aromatic rings. The highest BCUT2D eigenvalue weighted by Gasteiger charge is 2.46. The SMILES string of the molecule is NCC(=O)N1CCOCC12CCC2. The Hall–Kier alpha value is -0.610. The van der Waals surface area contributed by atoms with Crippen LogP contribution in [-0.4, -0.2) is 42.6 Å². The van der Waals surface area contributed by atoms with Crippen molar-refractivity contribution in [1.29, 1.82) is 0 Å². The lowest BCUT2D eigenvalue weighted by Crippen LogP contribution is -2.63. The second-order valence-electron chi connectivity index (χ2n) is 3.88. The third-order valence-electron chi connectivity index (χ3n) is 3.16. The largest absolute Gasteiger partial charge is 0.377 e. The van der Waals surface area contributed by atoms with E-state index in [1.807, 2.05) is 4.90 Å². The lowest BCUT2D eigenvalue weighted by molar-refractivity contribution is -0.157. The van der Waals surface area contributed by atoms with Crippen molar-refractivity contribution >= 4 is 5.91 Å². The van der Waals surface area contributed by atoms with E-state index in [0.29, 0.717) is 13.2 Å². The van der Waals surface area contributed by atoms with Crippen LogP contribution in [0, 0.1) is 0 Å². The summed E-state index contributed by atoms with van der Waals surface area (Å²) in [6.07, 6.45) is 3.37. The average Bonchev–Trinajstić information content (AvgIpc) is 2.14. The Balaban J connectivity index is 2.09. The van der Waals surface area contributed by atoms with Gasteiger partial charge in [0.25, 0.3) is 0 Å². The zero-order chi connectivity index (χ0) is 9.31. The van der Waals surface area contributed by atoms with Crippen LogP contribution in [0.5, 0.6) is 0 Å². The number of ether oxygens (including phenoxy) is 1. The van der Waals surface area contributed by atoms with Crippen molar-refractivity contribution in [1.82, 2.24) is 4.90 Å². The predicted molar refractivity (Wildman–Crippen MR) is 48.2 cm³/mol. The van der Waals surface area contributed by atoms with E-state index in [9.17, 15) is 4.79 Å². The number of morpholine rings is 1. The van der Waals surface area contributed by atoms with Gasteiger partial charge < -0.3 is 15.4 Å². The van der Waals surface area contributed by atoms with Gasteiger partial charge in [0.2, 0.25) is 5.91 Å². The number of hydrogen-bond donors (Lipinski definition) is 1. The van der Waals surface area contributed by atoms with E-state index in [4.69, 9.17) is 10.5 Å². The molecular weight excluding hydrogens is 168 g/mol. The molecule has 0 bridgehead atoms. The predicted octanol–water partition coefficient (Wildman–Crippen LogP) is -0.273. The number of nitrogens with zero attached hydrogens (tertiary/aromatic N) is 1. The Morgan fingerprint density at radius 1 is 1.54 bits per heavy atom. The van der Waals surface area contributed by atoms with Gasteiger partial charge in [-0.25, -0.2) is 0 Å². The summed E-state index contributed by atoms with van der Waals surface area (Å²) in [5.41, 5.74) is 5.39. The number of carbonyl (C=O) groups excluding carboxylic acids is 1. The normalized spacial score (nSPS) is 25.8. The maximum absolute atomic E-state index is 11.5. The molecule has 2 N–H and O–H groups in total. The van der Waals surface area contributed by atoms with Gasteiger partial charge in [0.15, 0.2) is 0 Å². The van der Waals surface area contributed by atoms with Crippen molar-refractivity contribution in [3.05, 3.63) is 0 Å². The van der Waals surface area contributed by atoms with Crippen molar-refractivity contribution in [2.45, 2.75) is 24.8 Å². The van der Waals surface area contributed by atoms with E-state index in [0.717, 1.165) is 19.4 Å². The minimum atomic E-state index is 0.0225. The summed E-state index contributed by atoms with van der Waals surface area (Å²) in [5, 5.41) is 0. The molecule has 4 nitrogen and oxygen atoms in total. The van der Waals surface area contributed by atoms with Gasteiger partial charge in [-0.3, -0.25) is 4.79 Å². The highest BCUT2D eigenvalue weighted by Crippen LogP contribution is 2.39. The Bertz CT molecular complexity index is 214. The van der Waals surface area contributed by atoms with Gasteiger partial charge in [-0.2, -0.15) is 0 Å². The van der Waals surface area contributed by atoms with Crippen molar-refractivity contribution in [3.63, 3.8) is 0 Å². The summed E-state index contributed by atoms with van der Waals surface area (Å²) in [7, 11) is 0. The van der Waals surface area contributed by atoms with Gasteiger partial charge in [0, 0.05) is 6.54 Å². The van der Waals surface area contributed by atoms with Crippen LogP contribution in [-0.2, 0) is 9.53 Å². The van der Waals surface area contributed by atoms with E-state index in [1.54, 1.807) is 0 Å². The molecule has 0 atom stereocenters. The third-order valence-corrected chi connectivity index (χ3v) is 3.16. The van der Waals surface area contributed by atoms with Crippen molar-refractivity contribution in [2.75, 3.05) is 26.3 Å². The Morgan fingerprint density at radius 3 is 2.85 bits per heavy atom. The molecule has 1 spiro atoms. The van der Waals surface area contributed by atoms with Crippen LogP contribution in [0.2, 0.25) is 0 Å². The molecule has 2 fully saturated rings. The zero-order valence-corrected chi connectivity index (χ0v) is 7.79. The summed E-state index contributed by atoms with van der Waals surface area (Å²) >= 11 is 0. The maximum Gasteiger partial charge on any atom is 0.236 e. The van der Waals surface area contributed by atoms with Gasteiger partial charge >= 0.3 is 0 Å². The smallest absolute Gasteiger partial charge is 0.236 e. The first-order valence-corrected chi connectivity index (χ1v) is 4.87. The van der Waals surface area contributed by atoms with Gasteiger partial charge in [-0.15, -0.1) is 0 Å². The fourth-order valence-electron chi connectivity index (χ4n) is 2.23. The van der Waals surface area contributed by atoms with Crippen molar-refractivity contribution in [2.24, 2.45) is 5.73 Å². The van der Waals surface area contributed by atoms with Crippen LogP contribution in [0.25, 0.3) is 0 Å². The molecule has 74 valence electrons. The molecular formula is C9H16N2O2. The summed E-state index contributed by atoms with van der Waals surface area (Å²) in [5.74, 6) is 0.0722. The maximum atomic E-state index is 11.5. The molecule has 1 amide bonds. The molecule has 13 heavy (non-hydrogen) atoms. The molecule has 1 heterocycles. The van der Waals surface area contributed by atoms with E-state index in [2.05, 4.69) is 0 Å². The van der Waals surface area contributed by atoms with Gasteiger partial charge in [0.1, 0.15) is 0 Å². The minimum absolute atomic E-state index is 0.0225. The first-order valence-electron chi connectivity index (χ1n) is 4.87. The van der Waals surface area contributed by atoms with Gasteiger partial charge in [0.05, 0.1) is 25.3 Å². The summed E-state index contributed by atoms with van der Waals surface area (Å²) in [4.78, 5) is 13.5. The van der Waals surface area contributed by atoms with Gasteiger partial charge in [-0.05, 0) is 19.3 Å². The number of hydrogen-bond acceptors (Lipinski definition) is 3. The number of carbonyl (C=O) groups is 1. The van der Waals surface area contributed by atoms with E-state index in [1.165, 1.54) is 6.42 Å². The van der Waals surface area contributed by atoms with Crippen LogP contribution in [0.1, 0.15) is 19.3 Å². The topological polar surface area (TPSA) is 55.6 Å². The molecule has 1 aliphatic heterocycles. The molecule has 1 saturated heterocycles. The van der Waals surface area contributed by atoms with Crippen LogP contribution >= 0.6 is 0 Å². The second-order valence-corrected chi connectivity index (χ2v) is 3.88. The molecule has 2 aliphatic rings. The fraction of sp³-hybridized carbons (Fsp3) is 0.889. The van der Waals surface area contributed by atoms with Crippen LogP contribution < -0.4 is 5.73 Å². The number of nitrogens with two attached hydrogens (primary N) is 1. The van der Waals surface area contributed by atoms with Crippen molar-refractivity contribution < 1.29 is 9.53 Å². The monoisotopic (exact) mass is 184 g/mol. The molecule has 2 rings (SSSR count). The van der Waals surface area contributed by atoms with Crippen LogP contribution in [0.15, 0.2) is 0 Å². The molecule has 4 heteroatoms. The highest BCUT2D eigenvalue weighted by molar-refractivity contribution is 5.79. The first kappa shape index (κ1) is 8.97. The van der Waals surface area contributed by atoms with Crippen LogP contribution in [0.3, 0.4) is 0 Å². The Kier molecular flexibility index (Phi) is 2.26. The summed E-state index contributed by atoms with van der Waals surface area (Å²) in [6, 6.07) is 0. The average molecular weight is 184 g/mol. The molecule has 1 aliphatic carbocycles. The Labute approximate surface area is 78.0 Å². The standard InChI is InChI=1S/C9H16N2O2/c10-6-8(12)11-4-5-13-7-9(11)2-1-3-9/h1-7,10H2. The van der Waals surface area contributed by atoms with E-state index in [-0.39, 0.29) is 18.0 Å². The molecule has 0 aromatic heterocycles. The van der Waals surface area contributed by atoms with E-state index < -0.39 is 0 Å². The summed E-state index contributed by atoms with van der Waals surface area (Å²) in [6.45, 7) is 2.21. The molecule has 0 radical (unpaired) electrons. The minimum Gasteiger partial charge on any atom is -0.377 e. The fourth-order valence-corrected chi connectivity index (χ4v) is 2.23. The number of amides is 1. The second kappa shape index (κ2) is 3.27. The molecule has 0 unspecified atom stereocenters. The zero-order valence-electron chi connectivity index (χ0n) is 7.79. The highest BCUT2D eigenvalue weighted by atomic mass is 16.5. The Morgan fingerprint density at radius 2 is 2.31 bits per heavy atom. The molecule has 0 aromatic carbocycles. The third kappa shape index (κ3) is 1.34. The lowest BCUT2D eigenvalue weighted by atomic mass is 9.75. The lowest BCUT2D eigenvalue weighted by Gasteiger charge is -2.52. The van der Waals surface area contributed by atoms with E-state index >= 15 is 0 Å².